The molecule has 0 spiro atoms. The molecule has 2 aromatic rings. The molecule has 1 saturated carbocycles. The maximum Gasteiger partial charge on any atom is 0.394 e. The average Bonchev–Trinajstić information content (AvgIpc) is 3.41. The fourth-order valence-corrected chi connectivity index (χ4v) is 3.86. The first kappa shape index (κ1) is 22.4. The van der Waals surface area contributed by atoms with Gasteiger partial charge in [-0.15, -0.1) is 0 Å². The summed E-state index contributed by atoms with van der Waals surface area (Å²) in [6, 6.07) is 6.81. The Balaban J connectivity index is 1.92. The third-order valence-electron chi connectivity index (χ3n) is 5.02. The van der Waals surface area contributed by atoms with Crippen molar-refractivity contribution in [2.45, 2.75) is 57.0 Å². The topological polar surface area (TPSA) is 66.9 Å². The summed E-state index contributed by atoms with van der Waals surface area (Å²) in [5.74, 6) is -1.62. The van der Waals surface area contributed by atoms with Crippen LogP contribution in [0.25, 0.3) is 11.4 Å². The van der Waals surface area contributed by atoms with E-state index in [4.69, 9.17) is 0 Å². The number of benzene rings is 1. The highest BCUT2D eigenvalue weighted by Crippen LogP contribution is 2.55. The summed E-state index contributed by atoms with van der Waals surface area (Å²) in [5, 5.41) is 2.66. The molecule has 0 radical (unpaired) electrons. The van der Waals surface area contributed by atoms with E-state index in [9.17, 15) is 18.0 Å². The van der Waals surface area contributed by atoms with Crippen LogP contribution in [0.2, 0.25) is 0 Å². The summed E-state index contributed by atoms with van der Waals surface area (Å²) in [5.41, 5.74) is 0.156. The third-order valence-corrected chi connectivity index (χ3v) is 5.95. The van der Waals surface area contributed by atoms with Crippen molar-refractivity contribution in [3.05, 3.63) is 42.2 Å². The van der Waals surface area contributed by atoms with Crippen LogP contribution in [0.1, 0.15) is 50.9 Å². The van der Waals surface area contributed by atoms with Crippen molar-refractivity contribution in [3.63, 3.8) is 0 Å². The first-order valence-electron chi connectivity index (χ1n) is 9.70. The third kappa shape index (κ3) is 5.06. The SMILES string of the molecule is CCC1(NC(=O)c2cc(-c3ncccn3)ccc2NSC(C)(C)C)CC1C(F)(F)F. The quantitative estimate of drug-likeness (QED) is 0.586. The predicted molar refractivity (Wildman–Crippen MR) is 113 cm³/mol. The lowest BCUT2D eigenvalue weighted by molar-refractivity contribution is -0.153. The molecule has 2 N–H and O–H groups in total. The number of hydrogen-bond acceptors (Lipinski definition) is 5. The van der Waals surface area contributed by atoms with Crippen LogP contribution in [0, 0.1) is 5.92 Å². The molecule has 3 rings (SSSR count). The van der Waals surface area contributed by atoms with Crippen LogP contribution < -0.4 is 10.0 Å². The first-order chi connectivity index (χ1) is 14.0. The van der Waals surface area contributed by atoms with Crippen molar-refractivity contribution in [1.82, 2.24) is 15.3 Å². The smallest absolute Gasteiger partial charge is 0.346 e. The predicted octanol–water partition coefficient (Wildman–Crippen LogP) is 5.46. The molecule has 5 nitrogen and oxygen atoms in total. The van der Waals surface area contributed by atoms with Crippen molar-refractivity contribution >= 4 is 23.5 Å². The van der Waals surface area contributed by atoms with Gasteiger partial charge < -0.3 is 10.0 Å². The highest BCUT2D eigenvalue weighted by atomic mass is 32.2. The zero-order chi connectivity index (χ0) is 22.2. The molecule has 162 valence electrons. The van der Waals surface area contributed by atoms with E-state index in [1.165, 1.54) is 11.9 Å². The highest BCUT2D eigenvalue weighted by molar-refractivity contribution is 8.01. The molecule has 0 saturated heterocycles. The van der Waals surface area contributed by atoms with E-state index in [0.717, 1.165) is 0 Å². The molecule has 1 aromatic heterocycles. The normalized spacial score (nSPS) is 21.2. The standard InChI is InChI=1S/C21H25F3N4OS/c1-5-20(12-16(20)21(22,23)24)27-18(29)14-11-13(17-25-9-6-10-26-17)7-8-15(14)28-30-19(2,3)4/h6-11,16,28H,5,12H2,1-4H3,(H,27,29). The largest absolute Gasteiger partial charge is 0.394 e. The average molecular weight is 439 g/mol. The second-order valence-corrected chi connectivity index (χ2v) is 10.0. The number of nitrogens with one attached hydrogen (secondary N) is 2. The highest BCUT2D eigenvalue weighted by Gasteiger charge is 2.66. The fraction of sp³-hybridized carbons (Fsp3) is 0.476. The molecule has 2 atom stereocenters. The zero-order valence-electron chi connectivity index (χ0n) is 17.3. The van der Waals surface area contributed by atoms with Gasteiger partial charge in [-0.1, -0.05) is 6.92 Å². The Kier molecular flexibility index (Phi) is 6.04. The van der Waals surface area contributed by atoms with E-state index in [-0.39, 0.29) is 23.2 Å². The molecule has 1 aliphatic rings. The summed E-state index contributed by atoms with van der Waals surface area (Å²) in [6.07, 6.45) is -1.03. The molecule has 0 aliphatic heterocycles. The van der Waals surface area contributed by atoms with Crippen LogP contribution in [0.5, 0.6) is 0 Å². The van der Waals surface area contributed by atoms with Crippen molar-refractivity contribution in [2.75, 3.05) is 4.72 Å². The van der Waals surface area contributed by atoms with Crippen molar-refractivity contribution in [3.8, 4) is 11.4 Å². The van der Waals surface area contributed by atoms with Crippen LogP contribution in [0.3, 0.4) is 0 Å². The summed E-state index contributed by atoms with van der Waals surface area (Å²) in [6.45, 7) is 7.71. The van der Waals surface area contributed by atoms with Crippen molar-refractivity contribution in [2.24, 2.45) is 5.92 Å². The number of carbonyl (C=O) groups excluding carboxylic acids is 1. The van der Waals surface area contributed by atoms with Gasteiger partial charge in [0.15, 0.2) is 5.82 Å². The van der Waals surface area contributed by atoms with Gasteiger partial charge in [0.05, 0.1) is 22.7 Å². The molecular weight excluding hydrogens is 413 g/mol. The molecule has 1 heterocycles. The van der Waals surface area contributed by atoms with Gasteiger partial charge in [0.2, 0.25) is 0 Å². The van der Waals surface area contributed by atoms with E-state index in [1.807, 2.05) is 20.8 Å². The molecule has 9 heteroatoms. The van der Waals surface area contributed by atoms with Gasteiger partial charge in [0.25, 0.3) is 5.91 Å². The Hall–Kier alpha value is -2.29. The van der Waals surface area contributed by atoms with E-state index in [0.29, 0.717) is 17.1 Å². The van der Waals surface area contributed by atoms with Gasteiger partial charge in [-0.3, -0.25) is 4.79 Å². The second kappa shape index (κ2) is 8.09. The Morgan fingerprint density at radius 2 is 1.90 bits per heavy atom. The van der Waals surface area contributed by atoms with Crippen LogP contribution in [-0.4, -0.2) is 32.3 Å². The number of alkyl halides is 3. The minimum absolute atomic E-state index is 0.0975. The Bertz CT molecular complexity index is 915. The molecule has 1 amide bonds. The summed E-state index contributed by atoms with van der Waals surface area (Å²) in [4.78, 5) is 21.5. The number of anilines is 1. The molecule has 2 unspecified atom stereocenters. The molecule has 30 heavy (non-hydrogen) atoms. The molecule has 1 aliphatic carbocycles. The molecule has 1 fully saturated rings. The molecular formula is C21H25F3N4OS. The van der Waals surface area contributed by atoms with Crippen LogP contribution in [-0.2, 0) is 0 Å². The van der Waals surface area contributed by atoms with E-state index >= 15 is 0 Å². The Morgan fingerprint density at radius 1 is 1.23 bits per heavy atom. The summed E-state index contributed by atoms with van der Waals surface area (Å²) >= 11 is 1.42. The minimum atomic E-state index is -4.33. The monoisotopic (exact) mass is 438 g/mol. The number of aromatic nitrogens is 2. The van der Waals surface area contributed by atoms with Gasteiger partial charge in [-0.2, -0.15) is 13.2 Å². The number of hydrogen-bond donors (Lipinski definition) is 2. The molecule has 1 aromatic carbocycles. The van der Waals surface area contributed by atoms with E-state index in [2.05, 4.69) is 20.0 Å². The number of carbonyl (C=O) groups is 1. The number of nitrogens with zero attached hydrogens (tertiary/aromatic N) is 2. The van der Waals surface area contributed by atoms with Crippen molar-refractivity contribution < 1.29 is 18.0 Å². The lowest BCUT2D eigenvalue weighted by Gasteiger charge is -2.22. The van der Waals surface area contributed by atoms with Crippen LogP contribution in [0.15, 0.2) is 36.7 Å². The van der Waals surface area contributed by atoms with Crippen LogP contribution in [0.4, 0.5) is 18.9 Å². The fourth-order valence-electron chi connectivity index (χ4n) is 3.26. The maximum absolute atomic E-state index is 13.2. The number of halogens is 3. The van der Waals surface area contributed by atoms with Gasteiger partial charge >= 0.3 is 6.18 Å². The van der Waals surface area contributed by atoms with Crippen molar-refractivity contribution in [1.29, 1.82) is 0 Å². The number of rotatable bonds is 6. The zero-order valence-corrected chi connectivity index (χ0v) is 18.1. The first-order valence-corrected chi connectivity index (χ1v) is 10.5. The lowest BCUT2D eigenvalue weighted by Crippen LogP contribution is -2.41. The van der Waals surface area contributed by atoms with E-state index in [1.54, 1.807) is 43.6 Å². The minimum Gasteiger partial charge on any atom is -0.346 e. The summed E-state index contributed by atoms with van der Waals surface area (Å²) in [7, 11) is 0. The van der Waals surface area contributed by atoms with Gasteiger partial charge in [0, 0.05) is 22.7 Å². The van der Waals surface area contributed by atoms with Gasteiger partial charge in [-0.25, -0.2) is 9.97 Å². The molecule has 0 bridgehead atoms. The number of amides is 1. The van der Waals surface area contributed by atoms with Gasteiger partial charge in [0.1, 0.15) is 0 Å². The van der Waals surface area contributed by atoms with Crippen LogP contribution >= 0.6 is 11.9 Å². The lowest BCUT2D eigenvalue weighted by atomic mass is 10.1. The second-order valence-electron chi connectivity index (χ2n) is 8.41. The van der Waals surface area contributed by atoms with E-state index < -0.39 is 23.5 Å². The van der Waals surface area contributed by atoms with Gasteiger partial charge in [-0.05, 0) is 69.8 Å². The Morgan fingerprint density at radius 3 is 2.43 bits per heavy atom. The Labute approximate surface area is 178 Å². The maximum atomic E-state index is 13.2. The summed E-state index contributed by atoms with van der Waals surface area (Å²) < 4.78 is 42.7.